The van der Waals surface area contributed by atoms with Gasteiger partial charge in [-0.15, -0.1) is 0 Å². The second-order valence-electron chi connectivity index (χ2n) is 6.62. The Bertz CT molecular complexity index is 297. The van der Waals surface area contributed by atoms with Crippen LogP contribution in [0.1, 0.15) is 70.6 Å². The van der Waals surface area contributed by atoms with Crippen LogP contribution >= 0.6 is 0 Å². The molecule has 2 aliphatic carbocycles. The highest BCUT2D eigenvalue weighted by Crippen LogP contribution is 2.22. The lowest BCUT2D eigenvalue weighted by molar-refractivity contribution is 0.0274. The van der Waals surface area contributed by atoms with Crippen LogP contribution in [0.4, 0.5) is 4.79 Å². The van der Waals surface area contributed by atoms with Crippen LogP contribution in [0.15, 0.2) is 0 Å². The second-order valence-corrected chi connectivity index (χ2v) is 6.62. The number of urea groups is 1. The van der Waals surface area contributed by atoms with Crippen LogP contribution in [0, 0.1) is 0 Å². The van der Waals surface area contributed by atoms with E-state index in [-0.39, 0.29) is 6.03 Å². The highest BCUT2D eigenvalue weighted by molar-refractivity contribution is 5.74. The molecule has 0 bridgehead atoms. The molecule has 0 aromatic rings. The predicted molar refractivity (Wildman–Crippen MR) is 85.5 cm³/mol. The van der Waals surface area contributed by atoms with Crippen molar-refractivity contribution in [1.82, 2.24) is 10.2 Å². The molecule has 0 aromatic carbocycles. The predicted octanol–water partition coefficient (Wildman–Crippen LogP) is 3.70. The van der Waals surface area contributed by atoms with E-state index in [4.69, 9.17) is 4.74 Å². The lowest BCUT2D eigenvalue weighted by Crippen LogP contribution is -2.44. The molecule has 2 fully saturated rings. The van der Waals surface area contributed by atoms with Gasteiger partial charge in [-0.05, 0) is 32.1 Å². The van der Waals surface area contributed by atoms with E-state index in [1.165, 1.54) is 51.4 Å². The summed E-state index contributed by atoms with van der Waals surface area (Å²) >= 11 is 0. The minimum Gasteiger partial charge on any atom is -0.378 e. The summed E-state index contributed by atoms with van der Waals surface area (Å²) in [6, 6.07) is 0.525. The summed E-state index contributed by atoms with van der Waals surface area (Å²) in [5, 5.41) is 3.02. The first-order valence-corrected chi connectivity index (χ1v) is 8.89. The molecule has 0 radical (unpaired) electrons. The van der Waals surface area contributed by atoms with Crippen LogP contribution in [0.2, 0.25) is 0 Å². The first-order valence-electron chi connectivity index (χ1n) is 8.89. The van der Waals surface area contributed by atoms with Crippen molar-refractivity contribution in [1.29, 1.82) is 0 Å². The number of hydrogen-bond donors (Lipinski definition) is 1. The molecule has 0 unspecified atom stereocenters. The standard InChI is InChI=1S/C17H32N2O2/c1-19(15-9-4-2-5-10-15)17(20)18-13-8-14-21-16-11-6-3-7-12-16/h15-16H,2-14H2,1H3,(H,18,20). The van der Waals surface area contributed by atoms with Crippen LogP contribution in [0.5, 0.6) is 0 Å². The Morgan fingerprint density at radius 2 is 1.67 bits per heavy atom. The van der Waals surface area contributed by atoms with E-state index in [9.17, 15) is 4.79 Å². The van der Waals surface area contributed by atoms with E-state index in [1.54, 1.807) is 0 Å². The summed E-state index contributed by atoms with van der Waals surface area (Å²) in [7, 11) is 1.93. The van der Waals surface area contributed by atoms with Gasteiger partial charge in [0.15, 0.2) is 0 Å². The third-order valence-electron chi connectivity index (χ3n) is 4.95. The Morgan fingerprint density at radius 3 is 2.33 bits per heavy atom. The van der Waals surface area contributed by atoms with E-state index in [2.05, 4.69) is 5.32 Å². The number of hydrogen-bond acceptors (Lipinski definition) is 2. The third-order valence-corrected chi connectivity index (χ3v) is 4.95. The molecule has 0 saturated heterocycles. The topological polar surface area (TPSA) is 41.6 Å². The van der Waals surface area contributed by atoms with Crippen molar-refractivity contribution in [3.05, 3.63) is 0 Å². The van der Waals surface area contributed by atoms with Crippen molar-refractivity contribution in [3.63, 3.8) is 0 Å². The van der Waals surface area contributed by atoms with Gasteiger partial charge in [0.2, 0.25) is 0 Å². The third kappa shape index (κ3) is 5.85. The summed E-state index contributed by atoms with van der Waals surface area (Å²) in [5.41, 5.74) is 0. The largest absolute Gasteiger partial charge is 0.378 e. The number of ether oxygens (including phenoxy) is 1. The quantitative estimate of drug-likeness (QED) is 0.759. The van der Waals surface area contributed by atoms with Gasteiger partial charge >= 0.3 is 6.03 Å². The fourth-order valence-corrected chi connectivity index (χ4v) is 3.51. The van der Waals surface area contributed by atoms with Crippen LogP contribution in [-0.2, 0) is 4.74 Å². The number of carbonyl (C=O) groups is 1. The van der Waals surface area contributed by atoms with Crippen LogP contribution in [0.25, 0.3) is 0 Å². The average Bonchev–Trinajstić information content (AvgIpc) is 2.55. The Balaban J connectivity index is 1.52. The van der Waals surface area contributed by atoms with Crippen LogP contribution in [-0.4, -0.2) is 43.3 Å². The lowest BCUT2D eigenvalue weighted by Gasteiger charge is -2.31. The molecule has 2 rings (SSSR count). The van der Waals surface area contributed by atoms with Crippen molar-refractivity contribution in [3.8, 4) is 0 Å². The maximum Gasteiger partial charge on any atom is 0.317 e. The Morgan fingerprint density at radius 1 is 1.05 bits per heavy atom. The average molecular weight is 296 g/mol. The zero-order valence-electron chi connectivity index (χ0n) is 13.6. The molecule has 2 aliphatic rings. The fourth-order valence-electron chi connectivity index (χ4n) is 3.51. The molecule has 21 heavy (non-hydrogen) atoms. The van der Waals surface area contributed by atoms with Gasteiger partial charge in [-0.3, -0.25) is 0 Å². The molecule has 0 atom stereocenters. The SMILES string of the molecule is CN(C(=O)NCCCOC1CCCCC1)C1CCCCC1. The zero-order chi connectivity index (χ0) is 14.9. The van der Waals surface area contributed by atoms with Crippen LogP contribution < -0.4 is 5.32 Å². The van der Waals surface area contributed by atoms with Gasteiger partial charge < -0.3 is 15.0 Å². The van der Waals surface area contributed by atoms with E-state index >= 15 is 0 Å². The smallest absolute Gasteiger partial charge is 0.317 e. The molecule has 1 N–H and O–H groups in total. The normalized spacial score (nSPS) is 21.2. The molecule has 4 heteroatoms. The molecule has 2 amide bonds. The van der Waals surface area contributed by atoms with Crippen molar-refractivity contribution in [2.45, 2.75) is 82.8 Å². The van der Waals surface area contributed by atoms with Gasteiger partial charge in [0.1, 0.15) is 0 Å². The van der Waals surface area contributed by atoms with Crippen molar-refractivity contribution < 1.29 is 9.53 Å². The lowest BCUT2D eigenvalue weighted by atomic mass is 9.95. The molecule has 4 nitrogen and oxygen atoms in total. The van der Waals surface area contributed by atoms with Gasteiger partial charge in [0.25, 0.3) is 0 Å². The maximum atomic E-state index is 12.1. The van der Waals surface area contributed by atoms with Gasteiger partial charge in [0, 0.05) is 26.2 Å². The summed E-state index contributed by atoms with van der Waals surface area (Å²) < 4.78 is 5.88. The monoisotopic (exact) mass is 296 g/mol. The zero-order valence-corrected chi connectivity index (χ0v) is 13.6. The van der Waals surface area contributed by atoms with Gasteiger partial charge in [-0.2, -0.15) is 0 Å². The number of nitrogens with one attached hydrogen (secondary N) is 1. The Hall–Kier alpha value is -0.770. The number of rotatable bonds is 6. The minimum absolute atomic E-state index is 0.0829. The number of nitrogens with zero attached hydrogens (tertiary/aromatic N) is 1. The Labute approximate surface area is 129 Å². The summed E-state index contributed by atoms with van der Waals surface area (Å²) in [4.78, 5) is 14.0. The maximum absolute atomic E-state index is 12.1. The summed E-state index contributed by atoms with van der Waals surface area (Å²) in [6.07, 6.45) is 14.0. The summed E-state index contributed by atoms with van der Waals surface area (Å²) in [5.74, 6) is 0. The minimum atomic E-state index is 0.0829. The van der Waals surface area contributed by atoms with Crippen molar-refractivity contribution in [2.75, 3.05) is 20.2 Å². The molecule has 0 aromatic heterocycles. The fraction of sp³-hybridized carbons (Fsp3) is 0.941. The van der Waals surface area contributed by atoms with Gasteiger partial charge in [-0.1, -0.05) is 38.5 Å². The van der Waals surface area contributed by atoms with E-state index in [0.29, 0.717) is 12.1 Å². The molecule has 122 valence electrons. The van der Waals surface area contributed by atoms with E-state index in [0.717, 1.165) is 32.4 Å². The van der Waals surface area contributed by atoms with Crippen LogP contribution in [0.3, 0.4) is 0 Å². The van der Waals surface area contributed by atoms with Gasteiger partial charge in [0.05, 0.1) is 6.10 Å². The van der Waals surface area contributed by atoms with Crippen molar-refractivity contribution >= 4 is 6.03 Å². The highest BCUT2D eigenvalue weighted by Gasteiger charge is 2.21. The Kier molecular flexibility index (Phi) is 7.34. The summed E-state index contributed by atoms with van der Waals surface area (Å²) in [6.45, 7) is 1.50. The number of carbonyl (C=O) groups excluding carboxylic acids is 1. The molecule has 0 heterocycles. The molecule has 0 aliphatic heterocycles. The van der Waals surface area contributed by atoms with Crippen molar-refractivity contribution in [2.24, 2.45) is 0 Å². The highest BCUT2D eigenvalue weighted by atomic mass is 16.5. The second kappa shape index (κ2) is 9.29. The van der Waals surface area contributed by atoms with Gasteiger partial charge in [-0.25, -0.2) is 4.79 Å². The molecule has 0 spiro atoms. The molecular weight excluding hydrogens is 264 g/mol. The number of amides is 2. The molecule has 2 saturated carbocycles. The van der Waals surface area contributed by atoms with E-state index in [1.807, 2.05) is 11.9 Å². The first kappa shape index (κ1) is 16.6. The first-order chi connectivity index (χ1) is 10.3. The molecular formula is C17H32N2O2. The van der Waals surface area contributed by atoms with E-state index < -0.39 is 0 Å².